The summed E-state index contributed by atoms with van der Waals surface area (Å²) in [6, 6.07) is 0. The van der Waals surface area contributed by atoms with Gasteiger partial charge in [-0.05, 0) is 0 Å². The first-order chi connectivity index (χ1) is 7.82. The smallest absolute Gasteiger partial charge is 0.268 e. The molecule has 0 aliphatic rings. The Morgan fingerprint density at radius 3 is 2.29 bits per heavy atom. The number of nitrogens with zero attached hydrogens (tertiary/aromatic N) is 1. The fourth-order valence-corrected chi connectivity index (χ4v) is 2.21. The summed E-state index contributed by atoms with van der Waals surface area (Å²) in [5.41, 5.74) is -0.866. The predicted molar refractivity (Wildman–Crippen MR) is 55.3 cm³/mol. The molecule has 1 aromatic rings. The van der Waals surface area contributed by atoms with Gasteiger partial charge in [-0.25, -0.2) is 22.2 Å². The molecule has 0 saturated heterocycles. The van der Waals surface area contributed by atoms with Crippen molar-refractivity contribution in [2.24, 2.45) is 0 Å². The third kappa shape index (κ3) is 2.75. The van der Waals surface area contributed by atoms with E-state index in [1.165, 1.54) is 7.11 Å². The molecule has 1 rings (SSSR count). The number of aromatic nitrogens is 1. The normalized spacial score (nSPS) is 11.6. The molecule has 1 heterocycles. The Kier molecular flexibility index (Phi) is 4.10. The number of hydrogen-bond donors (Lipinski definition) is 0. The molecule has 0 aliphatic carbocycles. The van der Waals surface area contributed by atoms with Crippen LogP contribution in [0, 0.1) is 0 Å². The Hall–Kier alpha value is -1.15. The summed E-state index contributed by atoms with van der Waals surface area (Å²) in [4.78, 5) is 2.73. The lowest BCUT2D eigenvalue weighted by Gasteiger charge is -2.13. The first-order valence-electron chi connectivity index (χ1n) is 4.16. The maximum Gasteiger partial charge on any atom is 0.268 e. The molecule has 0 radical (unpaired) electrons. The molecule has 0 saturated carbocycles. The highest BCUT2D eigenvalue weighted by Gasteiger charge is 2.29. The van der Waals surface area contributed by atoms with Crippen LogP contribution in [0.2, 0.25) is 0 Å². The molecule has 17 heavy (non-hydrogen) atoms. The van der Waals surface area contributed by atoms with Gasteiger partial charge in [0.15, 0.2) is 5.75 Å². The van der Waals surface area contributed by atoms with Crippen LogP contribution >= 0.6 is 10.7 Å². The van der Waals surface area contributed by atoms with Gasteiger partial charge in [0, 0.05) is 10.7 Å². The van der Waals surface area contributed by atoms with Crippen molar-refractivity contribution in [3.05, 3.63) is 11.8 Å². The average molecular weight is 288 g/mol. The second kappa shape index (κ2) is 5.01. The molecule has 0 fully saturated rings. The van der Waals surface area contributed by atoms with Crippen molar-refractivity contribution in [3.63, 3.8) is 0 Å². The van der Waals surface area contributed by atoms with Gasteiger partial charge < -0.3 is 9.47 Å². The Balaban J connectivity index is 3.66. The van der Waals surface area contributed by atoms with E-state index in [-0.39, 0.29) is 5.88 Å². The largest absolute Gasteiger partial charge is 0.491 e. The Morgan fingerprint density at radius 2 is 1.94 bits per heavy atom. The van der Waals surface area contributed by atoms with Crippen molar-refractivity contribution in [2.75, 3.05) is 14.2 Å². The van der Waals surface area contributed by atoms with Crippen molar-refractivity contribution < 1.29 is 26.7 Å². The van der Waals surface area contributed by atoms with E-state index in [2.05, 4.69) is 14.5 Å². The van der Waals surface area contributed by atoms with Gasteiger partial charge in [0.1, 0.15) is 4.90 Å². The topological polar surface area (TPSA) is 65.5 Å². The maximum atomic E-state index is 12.8. The van der Waals surface area contributed by atoms with Crippen LogP contribution in [0.15, 0.2) is 11.1 Å². The van der Waals surface area contributed by atoms with Crippen LogP contribution in [0.5, 0.6) is 11.6 Å². The lowest BCUT2D eigenvalue weighted by molar-refractivity contribution is 0.142. The number of ether oxygens (including phenoxy) is 2. The second-order valence-electron chi connectivity index (χ2n) is 2.82. The van der Waals surface area contributed by atoms with Gasteiger partial charge in [0.25, 0.3) is 21.4 Å². The van der Waals surface area contributed by atoms with Gasteiger partial charge in [-0.2, -0.15) is 0 Å². The highest BCUT2D eigenvalue weighted by molar-refractivity contribution is 8.13. The average Bonchev–Trinajstić information content (AvgIpc) is 2.25. The van der Waals surface area contributed by atoms with Gasteiger partial charge in [0.05, 0.1) is 26.0 Å². The molecule has 0 aliphatic heterocycles. The minimum absolute atomic E-state index is 0.244. The van der Waals surface area contributed by atoms with E-state index in [1.54, 1.807) is 0 Å². The summed E-state index contributed by atoms with van der Waals surface area (Å²) >= 11 is 0. The van der Waals surface area contributed by atoms with E-state index in [4.69, 9.17) is 10.7 Å². The van der Waals surface area contributed by atoms with Crippen LogP contribution in [0.4, 0.5) is 8.78 Å². The molecule has 0 unspecified atom stereocenters. The number of pyridine rings is 1. The van der Waals surface area contributed by atoms with Crippen LogP contribution in [0.1, 0.15) is 12.0 Å². The standard InChI is InChI=1S/C8H8ClF2NO4S/c1-15-6-5(7(10)11)4(17(9,13)14)3-12-8(6)16-2/h3,7H,1-2H3. The monoisotopic (exact) mass is 287 g/mol. The highest BCUT2D eigenvalue weighted by atomic mass is 35.7. The zero-order chi connectivity index (χ0) is 13.2. The molecule has 0 bridgehead atoms. The first-order valence-corrected chi connectivity index (χ1v) is 6.47. The van der Waals surface area contributed by atoms with Crippen LogP contribution in [-0.2, 0) is 9.05 Å². The molecule has 9 heteroatoms. The number of alkyl halides is 2. The Labute approximate surface area is 101 Å². The van der Waals surface area contributed by atoms with Crippen molar-refractivity contribution in [1.29, 1.82) is 0 Å². The lowest BCUT2D eigenvalue weighted by atomic mass is 10.2. The number of rotatable bonds is 4. The quantitative estimate of drug-likeness (QED) is 0.792. The van der Waals surface area contributed by atoms with E-state index in [0.717, 1.165) is 7.11 Å². The van der Waals surface area contributed by atoms with Gasteiger partial charge in [-0.3, -0.25) is 0 Å². The molecule has 0 N–H and O–H groups in total. The summed E-state index contributed by atoms with van der Waals surface area (Å²) in [6.45, 7) is 0. The number of hydrogen-bond acceptors (Lipinski definition) is 5. The van der Waals surface area contributed by atoms with Crippen molar-refractivity contribution >= 4 is 19.7 Å². The summed E-state index contributed by atoms with van der Waals surface area (Å²) in [6.07, 6.45) is -2.39. The van der Waals surface area contributed by atoms with Crippen LogP contribution < -0.4 is 9.47 Å². The van der Waals surface area contributed by atoms with Crippen LogP contribution in [0.3, 0.4) is 0 Å². The molecular weight excluding hydrogens is 280 g/mol. The molecule has 1 aromatic heterocycles. The van der Waals surface area contributed by atoms with Gasteiger partial charge >= 0.3 is 0 Å². The maximum absolute atomic E-state index is 12.8. The molecule has 0 amide bonds. The molecular formula is C8H8ClF2NO4S. The Morgan fingerprint density at radius 1 is 1.35 bits per heavy atom. The van der Waals surface area contributed by atoms with Crippen molar-refractivity contribution in [3.8, 4) is 11.6 Å². The fourth-order valence-electron chi connectivity index (χ4n) is 1.22. The molecule has 0 aromatic carbocycles. The van der Waals surface area contributed by atoms with E-state index in [1.807, 2.05) is 0 Å². The lowest BCUT2D eigenvalue weighted by Crippen LogP contribution is -2.05. The second-order valence-corrected chi connectivity index (χ2v) is 5.35. The number of methoxy groups -OCH3 is 2. The third-order valence-corrected chi connectivity index (χ3v) is 3.23. The van der Waals surface area contributed by atoms with Gasteiger partial charge in [-0.1, -0.05) is 0 Å². The Bertz CT molecular complexity index is 521. The van der Waals surface area contributed by atoms with E-state index in [9.17, 15) is 17.2 Å². The first kappa shape index (κ1) is 13.9. The summed E-state index contributed by atoms with van der Waals surface area (Å²) in [7, 11) is 2.98. The molecule has 5 nitrogen and oxygen atoms in total. The van der Waals surface area contributed by atoms with Crippen LogP contribution in [-0.4, -0.2) is 27.6 Å². The van der Waals surface area contributed by atoms with Crippen LogP contribution in [0.25, 0.3) is 0 Å². The highest BCUT2D eigenvalue weighted by Crippen LogP contribution is 2.40. The minimum atomic E-state index is -4.34. The van der Waals surface area contributed by atoms with Crippen molar-refractivity contribution in [2.45, 2.75) is 11.3 Å². The van der Waals surface area contributed by atoms with Crippen molar-refractivity contribution in [1.82, 2.24) is 4.98 Å². The van der Waals surface area contributed by atoms with E-state index in [0.29, 0.717) is 6.20 Å². The molecule has 0 atom stereocenters. The predicted octanol–water partition coefficient (Wildman–Crippen LogP) is 1.96. The molecule has 96 valence electrons. The zero-order valence-electron chi connectivity index (χ0n) is 8.78. The summed E-state index contributed by atoms with van der Waals surface area (Å²) in [5, 5.41) is 0. The molecule has 0 spiro atoms. The van der Waals surface area contributed by atoms with E-state index < -0.39 is 31.7 Å². The zero-order valence-corrected chi connectivity index (χ0v) is 10.3. The number of halogens is 3. The summed E-state index contributed by atoms with van der Waals surface area (Å²) < 4.78 is 57.3. The third-order valence-electron chi connectivity index (χ3n) is 1.88. The minimum Gasteiger partial charge on any atom is -0.491 e. The SMILES string of the molecule is COc1ncc(S(=O)(=O)Cl)c(C(F)F)c1OC. The van der Waals surface area contributed by atoms with Gasteiger partial charge in [0.2, 0.25) is 0 Å². The van der Waals surface area contributed by atoms with E-state index >= 15 is 0 Å². The fraction of sp³-hybridized carbons (Fsp3) is 0.375. The summed E-state index contributed by atoms with van der Waals surface area (Å²) in [5.74, 6) is -0.698. The van der Waals surface area contributed by atoms with Gasteiger partial charge in [-0.15, -0.1) is 0 Å².